The van der Waals surface area contributed by atoms with Crippen molar-refractivity contribution >= 4 is 11.8 Å². The van der Waals surface area contributed by atoms with Gasteiger partial charge in [-0.3, -0.25) is 19.3 Å². The third-order valence-corrected chi connectivity index (χ3v) is 8.00. The minimum Gasteiger partial charge on any atom is -0.461 e. The molecule has 7 heteroatoms. The normalized spacial score (nSPS) is 21.1. The summed E-state index contributed by atoms with van der Waals surface area (Å²) in [6.07, 6.45) is 3.94. The number of unbranched alkanes of at least 4 members (excludes halogenated alkanes) is 2. The van der Waals surface area contributed by atoms with Crippen molar-refractivity contribution in [1.29, 1.82) is 0 Å². The number of pyridine rings is 1. The summed E-state index contributed by atoms with van der Waals surface area (Å²) in [5, 5.41) is 0. The van der Waals surface area contributed by atoms with Gasteiger partial charge in [0, 0.05) is 37.7 Å². The molecule has 6 rings (SSSR count). The Bertz CT molecular complexity index is 1460. The average molecular weight is 513 g/mol. The van der Waals surface area contributed by atoms with Crippen molar-refractivity contribution in [1.82, 2.24) is 9.47 Å². The lowest BCUT2D eigenvalue weighted by Crippen LogP contribution is -2.51. The molecule has 0 spiro atoms. The van der Waals surface area contributed by atoms with Crippen LogP contribution in [0.5, 0.6) is 5.75 Å². The van der Waals surface area contributed by atoms with E-state index >= 15 is 0 Å². The molecule has 3 aromatic rings. The average Bonchev–Trinajstić information content (AvgIpc) is 3.15. The second kappa shape index (κ2) is 9.55. The quantitative estimate of drug-likeness (QED) is 0.307. The van der Waals surface area contributed by atoms with Gasteiger partial charge in [-0.25, -0.2) is 0 Å². The molecule has 2 aromatic carbocycles. The second-order valence-electron chi connectivity index (χ2n) is 10.5. The largest absolute Gasteiger partial charge is 0.461 e. The van der Waals surface area contributed by atoms with Gasteiger partial charge in [-0.2, -0.15) is 0 Å². The molecule has 0 saturated heterocycles. The predicted octanol–water partition coefficient (Wildman–Crippen LogP) is 5.17. The third kappa shape index (κ3) is 3.97. The Kier molecular flexibility index (Phi) is 6.19. The molecule has 1 aromatic heterocycles. The molecular formula is C31H32N2O5. The zero-order valence-electron chi connectivity index (χ0n) is 21.9. The molecule has 3 aliphatic rings. The molecule has 196 valence electrons. The molecule has 38 heavy (non-hydrogen) atoms. The number of hydrogen-bond donors (Lipinski definition) is 0. The van der Waals surface area contributed by atoms with E-state index in [1.54, 1.807) is 24.3 Å². The van der Waals surface area contributed by atoms with Crippen molar-refractivity contribution in [3.05, 3.63) is 98.5 Å². The lowest BCUT2D eigenvalue weighted by atomic mass is 9.85. The molecule has 0 N–H and O–H groups in total. The lowest BCUT2D eigenvalue weighted by Gasteiger charge is -2.46. The zero-order valence-corrected chi connectivity index (χ0v) is 21.9. The smallest absolute Gasteiger partial charge is 0.261 e. The van der Waals surface area contributed by atoms with Crippen LogP contribution in [0.15, 0.2) is 59.4 Å². The minimum absolute atomic E-state index is 0.0469. The first-order valence-electron chi connectivity index (χ1n) is 13.6. The maximum absolute atomic E-state index is 13.7. The van der Waals surface area contributed by atoms with Gasteiger partial charge in [0.2, 0.25) is 5.79 Å². The van der Waals surface area contributed by atoms with Gasteiger partial charge in [-0.05, 0) is 49.4 Å². The Labute approximate surface area is 222 Å². The fourth-order valence-electron chi connectivity index (χ4n) is 6.02. The molecular weight excluding hydrogens is 480 g/mol. The van der Waals surface area contributed by atoms with Crippen LogP contribution in [0.4, 0.5) is 0 Å². The van der Waals surface area contributed by atoms with E-state index in [0.29, 0.717) is 61.2 Å². The van der Waals surface area contributed by atoms with Crippen LogP contribution in [0.1, 0.15) is 88.2 Å². The number of amides is 2. The minimum atomic E-state index is -0.900. The van der Waals surface area contributed by atoms with E-state index in [9.17, 15) is 14.4 Å². The van der Waals surface area contributed by atoms with Gasteiger partial charge in [0.25, 0.3) is 17.4 Å². The first-order valence-corrected chi connectivity index (χ1v) is 13.6. The van der Waals surface area contributed by atoms with E-state index in [2.05, 4.69) is 13.0 Å². The van der Waals surface area contributed by atoms with Gasteiger partial charge in [-0.1, -0.05) is 49.7 Å². The van der Waals surface area contributed by atoms with Gasteiger partial charge in [0.1, 0.15) is 11.9 Å². The van der Waals surface area contributed by atoms with Crippen molar-refractivity contribution in [2.75, 3.05) is 6.54 Å². The number of hydrogen-bond acceptors (Lipinski definition) is 5. The number of fused-ring (bicyclic) bond motifs is 7. The van der Waals surface area contributed by atoms with Crippen LogP contribution in [-0.4, -0.2) is 33.6 Å². The van der Waals surface area contributed by atoms with Crippen LogP contribution in [0.3, 0.4) is 0 Å². The number of imide groups is 1. The van der Waals surface area contributed by atoms with Crippen molar-refractivity contribution in [3.8, 4) is 5.75 Å². The zero-order chi connectivity index (χ0) is 26.4. The second-order valence-corrected chi connectivity index (χ2v) is 10.5. The maximum Gasteiger partial charge on any atom is 0.261 e. The number of benzene rings is 2. The molecule has 3 aliphatic heterocycles. The fraction of sp³-hybridized carbons (Fsp3) is 0.387. The van der Waals surface area contributed by atoms with Crippen LogP contribution in [0.25, 0.3) is 0 Å². The van der Waals surface area contributed by atoms with E-state index in [1.165, 1.54) is 4.90 Å². The summed E-state index contributed by atoms with van der Waals surface area (Å²) >= 11 is 0. The van der Waals surface area contributed by atoms with Crippen molar-refractivity contribution in [2.45, 2.75) is 70.8 Å². The van der Waals surface area contributed by atoms with Crippen molar-refractivity contribution < 1.29 is 19.1 Å². The summed E-state index contributed by atoms with van der Waals surface area (Å²) in [6, 6.07) is 17.0. The Morgan fingerprint density at radius 1 is 0.921 bits per heavy atom. The molecule has 2 atom stereocenters. The topological polar surface area (TPSA) is 77.8 Å². The van der Waals surface area contributed by atoms with Gasteiger partial charge in [0.05, 0.1) is 16.7 Å². The summed E-state index contributed by atoms with van der Waals surface area (Å²) in [5.74, 6) is -0.761. The fourth-order valence-corrected chi connectivity index (χ4v) is 6.02. The number of carbonyl (C=O) groups excluding carboxylic acids is 2. The van der Waals surface area contributed by atoms with Crippen LogP contribution < -0.4 is 10.3 Å². The van der Waals surface area contributed by atoms with E-state index in [1.807, 2.05) is 35.8 Å². The standard InChI is InChI=1S/C31H32N2O5/c1-3-4-16-32-20(2)18-25-26(30(32)36)27-22-12-6-5-11-21(22)19-31(37-25,38-27)15-9-10-17-33-28(34)23-13-7-8-14-24(23)29(33)35/h5-8,11-14,18,27H,3-4,9-10,15-17,19H2,1-2H3/t27?,31-/m1/s1. The van der Waals surface area contributed by atoms with Crippen LogP contribution in [-0.2, 0) is 17.7 Å². The molecule has 0 aliphatic carbocycles. The first-order chi connectivity index (χ1) is 18.4. The van der Waals surface area contributed by atoms with Gasteiger partial charge >= 0.3 is 0 Å². The Morgan fingerprint density at radius 2 is 1.63 bits per heavy atom. The highest BCUT2D eigenvalue weighted by Crippen LogP contribution is 2.48. The monoisotopic (exact) mass is 512 g/mol. The highest BCUT2D eigenvalue weighted by molar-refractivity contribution is 6.21. The number of ether oxygens (including phenoxy) is 2. The molecule has 4 heterocycles. The van der Waals surface area contributed by atoms with E-state index < -0.39 is 11.9 Å². The molecule has 1 unspecified atom stereocenters. The molecule has 2 amide bonds. The number of aryl methyl sites for hydroxylation is 1. The third-order valence-electron chi connectivity index (χ3n) is 8.00. The summed E-state index contributed by atoms with van der Waals surface area (Å²) < 4.78 is 15.0. The lowest BCUT2D eigenvalue weighted by molar-refractivity contribution is -0.233. The highest BCUT2D eigenvalue weighted by Gasteiger charge is 2.48. The number of aromatic nitrogens is 1. The number of carbonyl (C=O) groups is 2. The highest BCUT2D eigenvalue weighted by atomic mass is 16.7. The SMILES string of the molecule is CCCCn1c(C)cc2c(c1=O)C1O[C@](CCCCN3C(=O)c4ccccc4C3=O)(Cc3ccccc31)O2. The van der Waals surface area contributed by atoms with Crippen LogP contribution in [0, 0.1) is 6.92 Å². The predicted molar refractivity (Wildman–Crippen MR) is 142 cm³/mol. The molecule has 0 saturated carbocycles. The van der Waals surface area contributed by atoms with E-state index in [-0.39, 0.29) is 17.4 Å². The van der Waals surface area contributed by atoms with Crippen LogP contribution in [0.2, 0.25) is 0 Å². The summed E-state index contributed by atoms with van der Waals surface area (Å²) in [7, 11) is 0. The number of rotatable bonds is 8. The van der Waals surface area contributed by atoms with Crippen molar-refractivity contribution in [2.24, 2.45) is 0 Å². The van der Waals surface area contributed by atoms with E-state index in [0.717, 1.165) is 29.7 Å². The van der Waals surface area contributed by atoms with Crippen molar-refractivity contribution in [3.63, 3.8) is 0 Å². The molecule has 0 radical (unpaired) electrons. The summed E-state index contributed by atoms with van der Waals surface area (Å²) in [5.41, 5.74) is 4.49. The van der Waals surface area contributed by atoms with E-state index in [4.69, 9.17) is 9.47 Å². The van der Waals surface area contributed by atoms with Gasteiger partial charge < -0.3 is 14.0 Å². The molecule has 7 nitrogen and oxygen atoms in total. The van der Waals surface area contributed by atoms with Gasteiger partial charge in [0.15, 0.2) is 0 Å². The molecule has 0 fully saturated rings. The summed E-state index contributed by atoms with van der Waals surface area (Å²) in [6.45, 7) is 5.09. The molecule has 2 bridgehead atoms. The Morgan fingerprint density at radius 3 is 2.37 bits per heavy atom. The van der Waals surface area contributed by atoms with Crippen LogP contribution >= 0.6 is 0 Å². The Balaban J connectivity index is 1.24. The van der Waals surface area contributed by atoms with Gasteiger partial charge in [-0.15, -0.1) is 0 Å². The summed E-state index contributed by atoms with van der Waals surface area (Å²) in [4.78, 5) is 40.4. The number of nitrogens with zero attached hydrogens (tertiary/aromatic N) is 2. The maximum atomic E-state index is 13.7. The Hall–Kier alpha value is -3.71. The first kappa shape index (κ1) is 24.6.